The Morgan fingerprint density at radius 2 is 1.81 bits per heavy atom. The summed E-state index contributed by atoms with van der Waals surface area (Å²) >= 11 is 0. The van der Waals surface area contributed by atoms with Crippen molar-refractivity contribution < 1.29 is 28.8 Å². The molecule has 4 rings (SSSR count). The molecule has 3 heterocycles. The first-order valence-corrected chi connectivity index (χ1v) is 8.30. The fourth-order valence-electron chi connectivity index (χ4n) is 3.41. The van der Waals surface area contributed by atoms with Crippen LogP contribution in [0.25, 0.3) is 11.0 Å². The zero-order chi connectivity index (χ0) is 19.3. The smallest absolute Gasteiger partial charge is 0.164 e. The molecule has 142 valence electrons. The van der Waals surface area contributed by atoms with Crippen molar-refractivity contribution in [2.75, 3.05) is 0 Å². The van der Waals surface area contributed by atoms with Crippen molar-refractivity contribution in [1.82, 2.24) is 14.5 Å². The molecule has 5 atom stereocenters. The molecule has 1 aromatic carbocycles. The van der Waals surface area contributed by atoms with Crippen molar-refractivity contribution in [3.8, 4) is 0 Å². The van der Waals surface area contributed by atoms with E-state index in [1.807, 2.05) is 0 Å². The van der Waals surface area contributed by atoms with Crippen LogP contribution in [0.5, 0.6) is 0 Å². The first-order chi connectivity index (χ1) is 12.9. The number of hydrogen-bond donors (Lipinski definition) is 3. The van der Waals surface area contributed by atoms with Crippen molar-refractivity contribution >= 4 is 11.0 Å². The van der Waals surface area contributed by atoms with E-state index in [-0.39, 0.29) is 5.56 Å². The summed E-state index contributed by atoms with van der Waals surface area (Å²) in [5, 5.41) is 32.0. The topological polar surface area (TPSA) is 101 Å². The highest BCUT2D eigenvalue weighted by molar-refractivity contribution is 5.78. The minimum absolute atomic E-state index is 0.0973. The van der Waals surface area contributed by atoms with Gasteiger partial charge in [0.1, 0.15) is 48.0 Å². The zero-order valence-electron chi connectivity index (χ0n) is 14.2. The molecular weight excluding hydrogens is 360 g/mol. The number of aliphatic hydroxyl groups is 3. The van der Waals surface area contributed by atoms with Crippen LogP contribution in [0.1, 0.15) is 23.6 Å². The second kappa shape index (κ2) is 6.61. The van der Waals surface area contributed by atoms with Gasteiger partial charge in [-0.2, -0.15) is 0 Å². The Hall–Kier alpha value is -2.46. The minimum Gasteiger partial charge on any atom is -0.387 e. The summed E-state index contributed by atoms with van der Waals surface area (Å²) < 4.78 is 34.1. The molecule has 0 amide bonds. The standard InChI is InChI=1S/C18H17F2N3O4/c1-8-12-2-3-23(17(12)22-7-21-8)18-15(26)14(25)16(27-18)13(24)9-4-10(19)6-11(20)5-9/h2-7,13-16,18,24-26H,1H3/t13-,14-,15+,16+,18+/m0/s1. The van der Waals surface area contributed by atoms with E-state index in [4.69, 9.17) is 4.74 Å². The Kier molecular flexibility index (Phi) is 4.39. The van der Waals surface area contributed by atoms with E-state index in [2.05, 4.69) is 9.97 Å². The minimum atomic E-state index is -1.54. The Labute approximate surface area is 152 Å². The van der Waals surface area contributed by atoms with Gasteiger partial charge in [-0.3, -0.25) is 0 Å². The van der Waals surface area contributed by atoms with Gasteiger partial charge < -0.3 is 24.6 Å². The largest absolute Gasteiger partial charge is 0.387 e. The number of aliphatic hydroxyl groups excluding tert-OH is 3. The molecule has 0 saturated carbocycles. The van der Waals surface area contributed by atoms with Gasteiger partial charge >= 0.3 is 0 Å². The molecule has 0 aliphatic carbocycles. The summed E-state index contributed by atoms with van der Waals surface area (Å²) in [5.41, 5.74) is 1.13. The zero-order valence-corrected chi connectivity index (χ0v) is 14.2. The molecule has 3 N–H and O–H groups in total. The van der Waals surface area contributed by atoms with Gasteiger partial charge in [-0.1, -0.05) is 0 Å². The van der Waals surface area contributed by atoms with Crippen molar-refractivity contribution in [2.24, 2.45) is 0 Å². The van der Waals surface area contributed by atoms with Gasteiger partial charge in [-0.15, -0.1) is 0 Å². The van der Waals surface area contributed by atoms with Crippen LogP contribution >= 0.6 is 0 Å². The van der Waals surface area contributed by atoms with Crippen LogP contribution in [-0.4, -0.2) is 48.2 Å². The molecule has 2 aromatic heterocycles. The summed E-state index contributed by atoms with van der Waals surface area (Å²) in [6.07, 6.45) is -3.72. The monoisotopic (exact) mass is 377 g/mol. The summed E-state index contributed by atoms with van der Waals surface area (Å²) in [5.74, 6) is -1.73. The number of hydrogen-bond acceptors (Lipinski definition) is 6. The van der Waals surface area contributed by atoms with Gasteiger partial charge in [-0.05, 0) is 30.7 Å². The average Bonchev–Trinajstić information content (AvgIpc) is 3.17. The molecule has 1 aliphatic rings. The van der Waals surface area contributed by atoms with Crippen molar-refractivity contribution in [3.63, 3.8) is 0 Å². The predicted molar refractivity (Wildman–Crippen MR) is 89.5 cm³/mol. The van der Waals surface area contributed by atoms with Crippen LogP contribution in [0.4, 0.5) is 8.78 Å². The van der Waals surface area contributed by atoms with Gasteiger partial charge in [0.25, 0.3) is 0 Å². The molecule has 9 heteroatoms. The van der Waals surface area contributed by atoms with Crippen LogP contribution in [0.2, 0.25) is 0 Å². The second-order valence-electron chi connectivity index (χ2n) is 6.54. The normalized spacial score (nSPS) is 26.6. The Morgan fingerprint density at radius 3 is 2.52 bits per heavy atom. The van der Waals surface area contributed by atoms with E-state index >= 15 is 0 Å². The van der Waals surface area contributed by atoms with E-state index in [9.17, 15) is 24.1 Å². The second-order valence-corrected chi connectivity index (χ2v) is 6.54. The number of aromatic nitrogens is 3. The van der Waals surface area contributed by atoms with Crippen LogP contribution in [0.3, 0.4) is 0 Å². The lowest BCUT2D eigenvalue weighted by atomic mass is 9.99. The fourth-order valence-corrected chi connectivity index (χ4v) is 3.41. The van der Waals surface area contributed by atoms with Gasteiger partial charge in [0.15, 0.2) is 6.23 Å². The molecule has 27 heavy (non-hydrogen) atoms. The maximum Gasteiger partial charge on any atom is 0.164 e. The summed E-state index contributed by atoms with van der Waals surface area (Å²) in [6, 6.07) is 4.32. The van der Waals surface area contributed by atoms with E-state index in [0.717, 1.165) is 23.2 Å². The molecular formula is C18H17F2N3O4. The molecule has 0 bridgehead atoms. The third-order valence-electron chi connectivity index (χ3n) is 4.80. The first kappa shape index (κ1) is 17.9. The summed E-state index contributed by atoms with van der Waals surface area (Å²) in [4.78, 5) is 8.27. The summed E-state index contributed by atoms with van der Waals surface area (Å²) in [7, 11) is 0. The van der Waals surface area contributed by atoms with Gasteiger partial charge in [-0.25, -0.2) is 18.7 Å². The number of halogens is 2. The van der Waals surface area contributed by atoms with E-state index < -0.39 is 42.3 Å². The van der Waals surface area contributed by atoms with E-state index in [0.29, 0.717) is 11.7 Å². The maximum absolute atomic E-state index is 13.4. The van der Waals surface area contributed by atoms with Gasteiger partial charge in [0, 0.05) is 17.6 Å². The lowest BCUT2D eigenvalue weighted by Crippen LogP contribution is -2.34. The summed E-state index contributed by atoms with van der Waals surface area (Å²) in [6.45, 7) is 1.81. The molecule has 0 radical (unpaired) electrons. The lowest BCUT2D eigenvalue weighted by molar-refractivity contribution is -0.0849. The Morgan fingerprint density at radius 1 is 1.11 bits per heavy atom. The molecule has 0 unspecified atom stereocenters. The highest BCUT2D eigenvalue weighted by Crippen LogP contribution is 2.37. The van der Waals surface area contributed by atoms with Crippen molar-refractivity contribution in [1.29, 1.82) is 0 Å². The Balaban J connectivity index is 1.67. The van der Waals surface area contributed by atoms with Crippen LogP contribution in [-0.2, 0) is 4.74 Å². The lowest BCUT2D eigenvalue weighted by Gasteiger charge is -2.21. The van der Waals surface area contributed by atoms with Crippen molar-refractivity contribution in [2.45, 2.75) is 37.6 Å². The highest BCUT2D eigenvalue weighted by atomic mass is 19.1. The Bertz CT molecular complexity index is 976. The number of benzene rings is 1. The van der Waals surface area contributed by atoms with Crippen LogP contribution in [0.15, 0.2) is 36.8 Å². The fraction of sp³-hybridized carbons (Fsp3) is 0.333. The molecule has 1 aliphatic heterocycles. The number of rotatable bonds is 3. The number of aryl methyl sites for hydroxylation is 1. The molecule has 1 saturated heterocycles. The highest BCUT2D eigenvalue weighted by Gasteiger charge is 2.47. The van der Waals surface area contributed by atoms with Crippen LogP contribution < -0.4 is 0 Å². The first-order valence-electron chi connectivity index (χ1n) is 8.30. The quantitative estimate of drug-likeness (QED) is 0.638. The average molecular weight is 377 g/mol. The molecule has 0 spiro atoms. The van der Waals surface area contributed by atoms with E-state index in [1.54, 1.807) is 19.2 Å². The van der Waals surface area contributed by atoms with Crippen molar-refractivity contribution in [3.05, 3.63) is 59.7 Å². The molecule has 3 aromatic rings. The molecule has 1 fully saturated rings. The predicted octanol–water partition coefficient (Wildman–Crippen LogP) is 1.37. The third kappa shape index (κ3) is 2.98. The SMILES string of the molecule is Cc1ncnc2c1ccn2[C@@H]1O[C@H]([C@@H](O)c2cc(F)cc(F)c2)[C@@H](O)[C@H]1O. The van der Waals surface area contributed by atoms with Gasteiger partial charge in [0.2, 0.25) is 0 Å². The van der Waals surface area contributed by atoms with Crippen LogP contribution in [0, 0.1) is 18.6 Å². The number of nitrogens with zero attached hydrogens (tertiary/aromatic N) is 3. The number of fused-ring (bicyclic) bond motifs is 1. The third-order valence-corrected chi connectivity index (χ3v) is 4.80. The van der Waals surface area contributed by atoms with E-state index in [1.165, 1.54) is 10.9 Å². The van der Waals surface area contributed by atoms with Gasteiger partial charge in [0.05, 0.1) is 5.69 Å². The number of ether oxygens (including phenoxy) is 1. The maximum atomic E-state index is 13.4. The molecule has 7 nitrogen and oxygen atoms in total.